The molecule has 1 saturated carbocycles. The molecule has 1 aromatic rings. The van der Waals surface area contributed by atoms with Crippen LogP contribution in [0.25, 0.3) is 0 Å². The molecule has 0 aromatic carbocycles. The van der Waals surface area contributed by atoms with Gasteiger partial charge in [-0.3, -0.25) is 4.98 Å². The van der Waals surface area contributed by atoms with Crippen LogP contribution >= 0.6 is 0 Å². The van der Waals surface area contributed by atoms with E-state index in [0.29, 0.717) is 5.92 Å². The van der Waals surface area contributed by atoms with Crippen molar-refractivity contribution in [2.24, 2.45) is 0 Å². The van der Waals surface area contributed by atoms with Gasteiger partial charge in [0.15, 0.2) is 0 Å². The standard InChI is InChI=1S/C12H17N/c1-8(2)11-6-12(10-4-5-10)13-7-9(11)3/h6-8,10H,4-5H2,1-3H3. The zero-order valence-electron chi connectivity index (χ0n) is 8.67. The quantitative estimate of drug-likeness (QED) is 0.671. The summed E-state index contributed by atoms with van der Waals surface area (Å²) in [5, 5.41) is 0. The van der Waals surface area contributed by atoms with Crippen LogP contribution in [0.4, 0.5) is 0 Å². The summed E-state index contributed by atoms with van der Waals surface area (Å²) in [5.41, 5.74) is 4.12. The fourth-order valence-corrected chi connectivity index (χ4v) is 1.78. The van der Waals surface area contributed by atoms with Crippen molar-refractivity contribution in [3.63, 3.8) is 0 Å². The Morgan fingerprint density at radius 2 is 2.08 bits per heavy atom. The molecule has 2 rings (SSSR count). The number of aromatic nitrogens is 1. The van der Waals surface area contributed by atoms with Crippen molar-refractivity contribution in [3.8, 4) is 0 Å². The van der Waals surface area contributed by atoms with E-state index >= 15 is 0 Å². The molecule has 1 fully saturated rings. The van der Waals surface area contributed by atoms with Crippen molar-refractivity contribution >= 4 is 0 Å². The van der Waals surface area contributed by atoms with E-state index in [-0.39, 0.29) is 0 Å². The van der Waals surface area contributed by atoms with Crippen molar-refractivity contribution in [2.75, 3.05) is 0 Å². The SMILES string of the molecule is Cc1cnc(C2CC2)cc1C(C)C. The Labute approximate surface area is 80.2 Å². The number of hydrogen-bond acceptors (Lipinski definition) is 1. The molecule has 0 saturated heterocycles. The van der Waals surface area contributed by atoms with E-state index in [1.54, 1.807) is 0 Å². The summed E-state index contributed by atoms with van der Waals surface area (Å²) in [6.07, 6.45) is 4.71. The van der Waals surface area contributed by atoms with Gasteiger partial charge in [0.25, 0.3) is 0 Å². The third-order valence-electron chi connectivity index (χ3n) is 2.78. The van der Waals surface area contributed by atoms with Crippen LogP contribution in [-0.4, -0.2) is 4.98 Å². The molecule has 70 valence electrons. The Bertz CT molecular complexity index is 311. The molecule has 1 aromatic heterocycles. The molecule has 13 heavy (non-hydrogen) atoms. The average molecular weight is 175 g/mol. The van der Waals surface area contributed by atoms with E-state index in [0.717, 1.165) is 5.92 Å². The van der Waals surface area contributed by atoms with E-state index in [4.69, 9.17) is 0 Å². The van der Waals surface area contributed by atoms with Crippen LogP contribution in [0.3, 0.4) is 0 Å². The first-order valence-corrected chi connectivity index (χ1v) is 5.15. The van der Waals surface area contributed by atoms with Gasteiger partial charge < -0.3 is 0 Å². The summed E-state index contributed by atoms with van der Waals surface area (Å²) >= 11 is 0. The zero-order chi connectivity index (χ0) is 9.42. The molecule has 0 N–H and O–H groups in total. The van der Waals surface area contributed by atoms with Crippen molar-refractivity contribution < 1.29 is 0 Å². The molecule has 1 nitrogen and oxygen atoms in total. The number of hydrogen-bond donors (Lipinski definition) is 0. The monoisotopic (exact) mass is 175 g/mol. The topological polar surface area (TPSA) is 12.9 Å². The molecule has 0 aliphatic heterocycles. The second-order valence-electron chi connectivity index (χ2n) is 4.39. The maximum Gasteiger partial charge on any atom is 0.0437 e. The van der Waals surface area contributed by atoms with Gasteiger partial charge in [0, 0.05) is 17.8 Å². The molecule has 0 amide bonds. The van der Waals surface area contributed by atoms with Gasteiger partial charge in [-0.2, -0.15) is 0 Å². The highest BCUT2D eigenvalue weighted by molar-refractivity contribution is 5.30. The van der Waals surface area contributed by atoms with Gasteiger partial charge in [-0.1, -0.05) is 13.8 Å². The average Bonchev–Trinajstić information content (AvgIpc) is 2.87. The minimum atomic E-state index is 0.625. The van der Waals surface area contributed by atoms with Gasteiger partial charge in [0.1, 0.15) is 0 Å². The lowest BCUT2D eigenvalue weighted by atomic mass is 9.98. The van der Waals surface area contributed by atoms with Crippen molar-refractivity contribution in [2.45, 2.75) is 45.4 Å². The van der Waals surface area contributed by atoms with Crippen LogP contribution in [0.2, 0.25) is 0 Å². The zero-order valence-corrected chi connectivity index (χ0v) is 8.67. The first-order valence-electron chi connectivity index (χ1n) is 5.15. The lowest BCUT2D eigenvalue weighted by molar-refractivity contribution is 0.840. The number of rotatable bonds is 2. The molecule has 0 radical (unpaired) electrons. The Kier molecular flexibility index (Phi) is 2.10. The lowest BCUT2D eigenvalue weighted by Gasteiger charge is -2.10. The van der Waals surface area contributed by atoms with Gasteiger partial charge >= 0.3 is 0 Å². The minimum absolute atomic E-state index is 0.625. The third kappa shape index (κ3) is 1.74. The van der Waals surface area contributed by atoms with Crippen molar-refractivity contribution in [3.05, 3.63) is 29.1 Å². The highest BCUT2D eigenvalue weighted by atomic mass is 14.7. The summed E-state index contributed by atoms with van der Waals surface area (Å²) in [6.45, 7) is 6.65. The Hall–Kier alpha value is -0.850. The molecule has 0 bridgehead atoms. The van der Waals surface area contributed by atoms with Crippen LogP contribution < -0.4 is 0 Å². The van der Waals surface area contributed by atoms with Crippen LogP contribution in [0.1, 0.15) is 55.3 Å². The van der Waals surface area contributed by atoms with Crippen LogP contribution in [0, 0.1) is 6.92 Å². The van der Waals surface area contributed by atoms with E-state index in [2.05, 4.69) is 31.8 Å². The Morgan fingerprint density at radius 1 is 1.38 bits per heavy atom. The number of nitrogens with zero attached hydrogens (tertiary/aromatic N) is 1. The highest BCUT2D eigenvalue weighted by Gasteiger charge is 2.25. The van der Waals surface area contributed by atoms with Gasteiger partial charge in [0.2, 0.25) is 0 Å². The van der Waals surface area contributed by atoms with E-state index in [1.165, 1.54) is 29.7 Å². The molecular weight excluding hydrogens is 158 g/mol. The minimum Gasteiger partial charge on any atom is -0.261 e. The third-order valence-corrected chi connectivity index (χ3v) is 2.78. The Balaban J connectivity index is 2.36. The number of pyridine rings is 1. The first kappa shape index (κ1) is 8.74. The van der Waals surface area contributed by atoms with E-state index in [9.17, 15) is 0 Å². The first-order chi connectivity index (χ1) is 6.18. The fourth-order valence-electron chi connectivity index (χ4n) is 1.78. The van der Waals surface area contributed by atoms with Crippen molar-refractivity contribution in [1.29, 1.82) is 0 Å². The molecule has 1 aliphatic carbocycles. The highest BCUT2D eigenvalue weighted by Crippen LogP contribution is 2.39. The molecule has 1 heteroatoms. The summed E-state index contributed by atoms with van der Waals surface area (Å²) < 4.78 is 0. The fraction of sp³-hybridized carbons (Fsp3) is 0.583. The smallest absolute Gasteiger partial charge is 0.0437 e. The van der Waals surface area contributed by atoms with E-state index in [1.807, 2.05) is 6.20 Å². The summed E-state index contributed by atoms with van der Waals surface area (Å²) in [6, 6.07) is 2.30. The largest absolute Gasteiger partial charge is 0.261 e. The number of aryl methyl sites for hydroxylation is 1. The second-order valence-corrected chi connectivity index (χ2v) is 4.39. The lowest BCUT2D eigenvalue weighted by Crippen LogP contribution is -1.96. The van der Waals surface area contributed by atoms with Crippen LogP contribution in [0.5, 0.6) is 0 Å². The van der Waals surface area contributed by atoms with Gasteiger partial charge in [-0.25, -0.2) is 0 Å². The predicted octanol–water partition coefficient (Wildman–Crippen LogP) is 3.39. The molecular formula is C12H17N. The molecule has 0 unspecified atom stereocenters. The molecule has 0 atom stereocenters. The summed E-state index contributed by atoms with van der Waals surface area (Å²) in [5.74, 6) is 1.40. The van der Waals surface area contributed by atoms with Gasteiger partial charge in [-0.05, 0) is 42.9 Å². The summed E-state index contributed by atoms with van der Waals surface area (Å²) in [7, 11) is 0. The summed E-state index contributed by atoms with van der Waals surface area (Å²) in [4.78, 5) is 4.48. The van der Waals surface area contributed by atoms with Crippen LogP contribution in [-0.2, 0) is 0 Å². The van der Waals surface area contributed by atoms with Crippen LogP contribution in [0.15, 0.2) is 12.3 Å². The van der Waals surface area contributed by atoms with Gasteiger partial charge in [0.05, 0.1) is 0 Å². The normalized spacial score (nSPS) is 16.6. The molecule has 1 aliphatic rings. The van der Waals surface area contributed by atoms with Crippen molar-refractivity contribution in [1.82, 2.24) is 4.98 Å². The van der Waals surface area contributed by atoms with E-state index < -0.39 is 0 Å². The molecule has 0 spiro atoms. The molecule has 1 heterocycles. The Morgan fingerprint density at radius 3 is 2.62 bits per heavy atom. The predicted molar refractivity (Wildman–Crippen MR) is 55.0 cm³/mol. The maximum absolute atomic E-state index is 4.48. The maximum atomic E-state index is 4.48. The van der Waals surface area contributed by atoms with Gasteiger partial charge in [-0.15, -0.1) is 0 Å². The second kappa shape index (κ2) is 3.13.